The van der Waals surface area contributed by atoms with Crippen LogP contribution in [0.15, 0.2) is 29.2 Å². The molecule has 0 bridgehead atoms. The molecular formula is C12H12O5S. The van der Waals surface area contributed by atoms with Gasteiger partial charge in [-0.2, -0.15) is 8.42 Å². The summed E-state index contributed by atoms with van der Waals surface area (Å²) in [5.41, 5.74) is 0.143. The van der Waals surface area contributed by atoms with Crippen LogP contribution in [0.4, 0.5) is 0 Å². The topological polar surface area (TPSA) is 80.7 Å². The third-order valence-corrected chi connectivity index (χ3v) is 2.84. The van der Waals surface area contributed by atoms with Crippen molar-refractivity contribution in [3.63, 3.8) is 0 Å². The van der Waals surface area contributed by atoms with E-state index in [-0.39, 0.29) is 23.5 Å². The number of ether oxygens (including phenoxy) is 1. The van der Waals surface area contributed by atoms with Crippen LogP contribution in [0.2, 0.25) is 0 Å². The standard InChI is InChI=1S/C12H12O5S/c1-2-17-12(13)9-5-7-10-6-3-4-8-11(10)18(14,15)16/h3-4,6,8H,2,9H2,1H3,(H,14,15,16). The molecule has 0 aliphatic carbocycles. The number of carbonyl (C=O) groups excluding carboxylic acids is 1. The van der Waals surface area contributed by atoms with E-state index in [1.54, 1.807) is 13.0 Å². The fourth-order valence-corrected chi connectivity index (χ4v) is 1.87. The molecule has 0 spiro atoms. The molecule has 18 heavy (non-hydrogen) atoms. The lowest BCUT2D eigenvalue weighted by atomic mass is 10.2. The fourth-order valence-electron chi connectivity index (χ4n) is 1.22. The van der Waals surface area contributed by atoms with Crippen molar-refractivity contribution in [2.75, 3.05) is 6.61 Å². The highest BCUT2D eigenvalue weighted by Gasteiger charge is 2.12. The van der Waals surface area contributed by atoms with Crippen LogP contribution in [0.25, 0.3) is 0 Å². The Morgan fingerprint density at radius 3 is 2.67 bits per heavy atom. The third kappa shape index (κ3) is 4.20. The minimum absolute atomic E-state index is 0.131. The molecule has 0 saturated carbocycles. The van der Waals surface area contributed by atoms with E-state index in [0.29, 0.717) is 0 Å². The highest BCUT2D eigenvalue weighted by molar-refractivity contribution is 7.85. The minimum Gasteiger partial charge on any atom is -0.465 e. The van der Waals surface area contributed by atoms with Gasteiger partial charge in [-0.1, -0.05) is 24.0 Å². The molecule has 0 fully saturated rings. The molecule has 1 N–H and O–H groups in total. The first kappa shape index (κ1) is 14.2. The molecule has 0 saturated heterocycles. The predicted octanol–water partition coefficient (Wildman–Crippen LogP) is 1.24. The van der Waals surface area contributed by atoms with E-state index in [9.17, 15) is 13.2 Å². The molecule has 1 rings (SSSR count). The molecule has 5 nitrogen and oxygen atoms in total. The average molecular weight is 268 g/mol. The summed E-state index contributed by atoms with van der Waals surface area (Å²) in [5, 5.41) is 0. The van der Waals surface area contributed by atoms with Gasteiger partial charge in [-0.3, -0.25) is 9.35 Å². The van der Waals surface area contributed by atoms with Gasteiger partial charge in [-0.05, 0) is 19.1 Å². The monoisotopic (exact) mass is 268 g/mol. The first-order valence-corrected chi connectivity index (χ1v) is 6.60. The van der Waals surface area contributed by atoms with E-state index in [1.165, 1.54) is 18.2 Å². The molecule has 0 aliphatic rings. The molecule has 96 valence electrons. The first-order valence-electron chi connectivity index (χ1n) is 5.16. The normalized spacial score (nSPS) is 10.3. The molecule has 0 atom stereocenters. The summed E-state index contributed by atoms with van der Waals surface area (Å²) in [4.78, 5) is 10.7. The van der Waals surface area contributed by atoms with Crippen LogP contribution in [0, 0.1) is 11.8 Å². The molecule has 6 heteroatoms. The SMILES string of the molecule is CCOC(=O)CC#Cc1ccccc1S(=O)(=O)O. The smallest absolute Gasteiger partial charge is 0.317 e. The lowest BCUT2D eigenvalue weighted by molar-refractivity contribution is -0.141. The van der Waals surface area contributed by atoms with Gasteiger partial charge in [0, 0.05) is 5.56 Å². The Morgan fingerprint density at radius 2 is 2.06 bits per heavy atom. The van der Waals surface area contributed by atoms with Crippen molar-refractivity contribution in [1.82, 2.24) is 0 Å². The molecule has 1 aromatic rings. The van der Waals surface area contributed by atoms with Gasteiger partial charge in [0.15, 0.2) is 0 Å². The Labute approximate surface area is 106 Å². The summed E-state index contributed by atoms with van der Waals surface area (Å²) in [7, 11) is -4.31. The molecule has 1 aromatic carbocycles. The number of hydrogen-bond acceptors (Lipinski definition) is 4. The largest absolute Gasteiger partial charge is 0.465 e. The van der Waals surface area contributed by atoms with Crippen molar-refractivity contribution in [3.05, 3.63) is 29.8 Å². The highest BCUT2D eigenvalue weighted by atomic mass is 32.2. The van der Waals surface area contributed by atoms with Crippen molar-refractivity contribution >= 4 is 16.1 Å². The zero-order valence-corrected chi connectivity index (χ0v) is 10.5. The molecular weight excluding hydrogens is 256 g/mol. The van der Waals surface area contributed by atoms with E-state index in [4.69, 9.17) is 4.55 Å². The summed E-state index contributed by atoms with van der Waals surface area (Å²) in [6.07, 6.45) is -0.131. The van der Waals surface area contributed by atoms with Gasteiger partial charge < -0.3 is 4.74 Å². The maximum atomic E-state index is 11.0. The van der Waals surface area contributed by atoms with E-state index >= 15 is 0 Å². The first-order chi connectivity index (χ1) is 8.45. The second-order valence-electron chi connectivity index (χ2n) is 3.25. The third-order valence-electron chi connectivity index (χ3n) is 1.93. The maximum absolute atomic E-state index is 11.0. The summed E-state index contributed by atoms with van der Waals surface area (Å²) in [5.74, 6) is 4.54. The van der Waals surface area contributed by atoms with Crippen LogP contribution in [0.3, 0.4) is 0 Å². The van der Waals surface area contributed by atoms with Crippen LogP contribution in [0.5, 0.6) is 0 Å². The van der Waals surface area contributed by atoms with E-state index < -0.39 is 16.1 Å². The quantitative estimate of drug-likeness (QED) is 0.506. The Kier molecular flexibility index (Phi) is 4.89. The van der Waals surface area contributed by atoms with Crippen LogP contribution < -0.4 is 0 Å². The van der Waals surface area contributed by atoms with Gasteiger partial charge >= 0.3 is 5.97 Å². The van der Waals surface area contributed by atoms with Crippen molar-refractivity contribution in [2.45, 2.75) is 18.2 Å². The Balaban J connectivity index is 2.93. The summed E-state index contributed by atoms with van der Waals surface area (Å²) in [6.45, 7) is 1.95. The number of rotatable bonds is 3. The zero-order chi connectivity index (χ0) is 13.6. The second kappa shape index (κ2) is 6.19. The van der Waals surface area contributed by atoms with Gasteiger partial charge in [0.2, 0.25) is 0 Å². The van der Waals surface area contributed by atoms with Crippen LogP contribution in [-0.4, -0.2) is 25.5 Å². The molecule has 0 aromatic heterocycles. The molecule has 0 heterocycles. The summed E-state index contributed by atoms with van der Waals surface area (Å²) in [6, 6.07) is 5.74. The van der Waals surface area contributed by atoms with Crippen molar-refractivity contribution < 1.29 is 22.5 Å². The molecule has 0 amide bonds. The van der Waals surface area contributed by atoms with Gasteiger partial charge in [0.05, 0.1) is 6.61 Å². The van der Waals surface area contributed by atoms with Crippen LogP contribution >= 0.6 is 0 Å². The van der Waals surface area contributed by atoms with Gasteiger partial charge in [-0.15, -0.1) is 0 Å². The lowest BCUT2D eigenvalue weighted by Gasteiger charge is -1.99. The fraction of sp³-hybridized carbons (Fsp3) is 0.250. The Morgan fingerprint density at radius 1 is 1.39 bits per heavy atom. The minimum atomic E-state index is -4.31. The second-order valence-corrected chi connectivity index (χ2v) is 4.64. The average Bonchev–Trinajstić information content (AvgIpc) is 2.28. The molecule has 0 aliphatic heterocycles. The van der Waals surface area contributed by atoms with E-state index in [2.05, 4.69) is 16.6 Å². The predicted molar refractivity (Wildman–Crippen MR) is 64.4 cm³/mol. The van der Waals surface area contributed by atoms with Crippen molar-refractivity contribution in [1.29, 1.82) is 0 Å². The van der Waals surface area contributed by atoms with Gasteiger partial charge in [0.25, 0.3) is 10.1 Å². The van der Waals surface area contributed by atoms with Crippen molar-refractivity contribution in [2.24, 2.45) is 0 Å². The number of carbonyl (C=O) groups is 1. The van der Waals surface area contributed by atoms with Crippen LogP contribution in [-0.2, 0) is 19.6 Å². The van der Waals surface area contributed by atoms with E-state index in [1.807, 2.05) is 0 Å². The lowest BCUT2D eigenvalue weighted by Crippen LogP contribution is -2.02. The Hall–Kier alpha value is -1.84. The summed E-state index contributed by atoms with van der Waals surface area (Å²) >= 11 is 0. The van der Waals surface area contributed by atoms with Gasteiger partial charge in [-0.25, -0.2) is 0 Å². The molecule has 0 radical (unpaired) electrons. The number of hydrogen-bond donors (Lipinski definition) is 1. The summed E-state index contributed by atoms with van der Waals surface area (Å²) < 4.78 is 35.7. The molecule has 0 unspecified atom stereocenters. The highest BCUT2D eigenvalue weighted by Crippen LogP contribution is 2.13. The number of benzene rings is 1. The zero-order valence-electron chi connectivity index (χ0n) is 9.71. The van der Waals surface area contributed by atoms with Crippen molar-refractivity contribution in [3.8, 4) is 11.8 Å². The maximum Gasteiger partial charge on any atom is 0.317 e. The van der Waals surface area contributed by atoms with E-state index in [0.717, 1.165) is 0 Å². The van der Waals surface area contributed by atoms with Gasteiger partial charge in [0.1, 0.15) is 11.3 Å². The number of esters is 1. The van der Waals surface area contributed by atoms with Crippen LogP contribution in [0.1, 0.15) is 18.9 Å². The Bertz CT molecular complexity index is 592.